The first kappa shape index (κ1) is 16.3. The fourth-order valence-electron chi connectivity index (χ4n) is 2.16. The maximum absolute atomic E-state index is 12.2. The average Bonchev–Trinajstić information content (AvgIpc) is 3.06. The highest BCUT2D eigenvalue weighted by Gasteiger charge is 2.16. The van der Waals surface area contributed by atoms with E-state index in [-0.39, 0.29) is 18.0 Å². The second-order valence-electron chi connectivity index (χ2n) is 4.90. The Labute approximate surface area is 130 Å². The molecule has 1 atom stereocenters. The number of ether oxygens (including phenoxy) is 3. The summed E-state index contributed by atoms with van der Waals surface area (Å²) < 4.78 is 16.0. The number of carbonyl (C=O) groups excluding carboxylic acids is 1. The second kappa shape index (κ2) is 8.38. The highest BCUT2D eigenvalue weighted by atomic mass is 16.5. The van der Waals surface area contributed by atoms with Crippen LogP contribution in [-0.4, -0.2) is 44.9 Å². The fourth-order valence-corrected chi connectivity index (χ4v) is 2.16. The van der Waals surface area contributed by atoms with Crippen LogP contribution in [0.2, 0.25) is 0 Å². The van der Waals surface area contributed by atoms with E-state index in [0.717, 1.165) is 19.4 Å². The van der Waals surface area contributed by atoms with Gasteiger partial charge >= 0.3 is 0 Å². The first-order valence-corrected chi connectivity index (χ1v) is 7.47. The summed E-state index contributed by atoms with van der Waals surface area (Å²) in [7, 11) is 1.56. The minimum atomic E-state index is -0.279. The van der Waals surface area contributed by atoms with Crippen molar-refractivity contribution in [3.8, 4) is 5.75 Å². The monoisotopic (exact) mass is 306 g/mol. The molecule has 0 unspecified atom stereocenters. The van der Waals surface area contributed by atoms with Gasteiger partial charge in [-0.15, -0.1) is 0 Å². The molecule has 1 amide bonds. The van der Waals surface area contributed by atoms with Gasteiger partial charge in [0.05, 0.1) is 26.4 Å². The number of nitrogens with zero attached hydrogens (tertiary/aromatic N) is 1. The molecule has 6 nitrogen and oxygen atoms in total. The molecule has 120 valence electrons. The Hall–Kier alpha value is -2.08. The van der Waals surface area contributed by atoms with Crippen molar-refractivity contribution >= 4 is 11.9 Å². The minimum absolute atomic E-state index is 0.115. The molecule has 1 heterocycles. The number of nitrogens with one attached hydrogen (secondary N) is 1. The van der Waals surface area contributed by atoms with Crippen LogP contribution < -0.4 is 10.1 Å². The molecule has 1 N–H and O–H groups in total. The molecule has 0 saturated carbocycles. The fraction of sp³-hybridized carbons (Fsp3) is 0.500. The minimum Gasteiger partial charge on any atom is -0.497 e. The van der Waals surface area contributed by atoms with E-state index < -0.39 is 0 Å². The number of amides is 1. The van der Waals surface area contributed by atoms with Gasteiger partial charge in [-0.1, -0.05) is 6.07 Å². The Balaban J connectivity index is 1.99. The van der Waals surface area contributed by atoms with Crippen molar-refractivity contribution in [2.75, 3.05) is 26.9 Å². The van der Waals surface area contributed by atoms with Crippen molar-refractivity contribution in [2.45, 2.75) is 25.9 Å². The molecular formula is C16H22N2O4. The van der Waals surface area contributed by atoms with Gasteiger partial charge in [-0.3, -0.25) is 10.1 Å². The lowest BCUT2D eigenvalue weighted by Gasteiger charge is -2.11. The zero-order chi connectivity index (χ0) is 15.8. The zero-order valence-electron chi connectivity index (χ0n) is 13.0. The summed E-state index contributed by atoms with van der Waals surface area (Å²) in [5, 5.41) is 2.69. The molecule has 6 heteroatoms. The maximum atomic E-state index is 12.2. The third-order valence-corrected chi connectivity index (χ3v) is 3.30. The molecule has 0 bridgehead atoms. The highest BCUT2D eigenvalue weighted by Crippen LogP contribution is 2.13. The highest BCUT2D eigenvalue weighted by molar-refractivity contribution is 6.04. The zero-order valence-corrected chi connectivity index (χ0v) is 13.0. The van der Waals surface area contributed by atoms with Gasteiger partial charge in [0.2, 0.25) is 0 Å². The van der Waals surface area contributed by atoms with Gasteiger partial charge in [-0.25, -0.2) is 4.99 Å². The standard InChI is InChI=1S/C16H22N2O4/c1-3-21-16(17-11-14-8-5-9-22-14)18-15(19)12-6-4-7-13(10-12)20-2/h4,6-7,10,14H,3,5,8-9,11H2,1-2H3,(H,17,18,19)/t14-/m0/s1. The predicted octanol–water partition coefficient (Wildman–Crippen LogP) is 2.00. The average molecular weight is 306 g/mol. The van der Waals surface area contributed by atoms with E-state index in [4.69, 9.17) is 14.2 Å². The summed E-state index contributed by atoms with van der Waals surface area (Å²) in [5.74, 6) is 0.348. The van der Waals surface area contributed by atoms with Gasteiger partial charge in [0.1, 0.15) is 5.75 Å². The normalized spacial score (nSPS) is 18.1. The van der Waals surface area contributed by atoms with Gasteiger partial charge in [0.25, 0.3) is 11.9 Å². The van der Waals surface area contributed by atoms with Crippen LogP contribution in [0.3, 0.4) is 0 Å². The van der Waals surface area contributed by atoms with E-state index >= 15 is 0 Å². The van der Waals surface area contributed by atoms with Crippen LogP contribution in [-0.2, 0) is 9.47 Å². The van der Waals surface area contributed by atoms with Gasteiger partial charge in [0, 0.05) is 12.2 Å². The van der Waals surface area contributed by atoms with Crippen LogP contribution in [0.4, 0.5) is 0 Å². The van der Waals surface area contributed by atoms with Crippen molar-refractivity contribution in [3.63, 3.8) is 0 Å². The van der Waals surface area contributed by atoms with Crippen molar-refractivity contribution in [1.82, 2.24) is 5.32 Å². The second-order valence-corrected chi connectivity index (χ2v) is 4.90. The topological polar surface area (TPSA) is 69.2 Å². The largest absolute Gasteiger partial charge is 0.497 e. The number of hydrogen-bond donors (Lipinski definition) is 1. The summed E-state index contributed by atoms with van der Waals surface area (Å²) >= 11 is 0. The Morgan fingerprint density at radius 3 is 3.05 bits per heavy atom. The Morgan fingerprint density at radius 2 is 2.36 bits per heavy atom. The van der Waals surface area contributed by atoms with Crippen LogP contribution in [0, 0.1) is 0 Å². The summed E-state index contributed by atoms with van der Waals surface area (Å²) in [4.78, 5) is 16.5. The van der Waals surface area contributed by atoms with Gasteiger partial charge in [-0.2, -0.15) is 0 Å². The van der Waals surface area contributed by atoms with E-state index in [1.165, 1.54) is 0 Å². The van der Waals surface area contributed by atoms with Crippen molar-refractivity contribution in [1.29, 1.82) is 0 Å². The van der Waals surface area contributed by atoms with Gasteiger partial charge in [-0.05, 0) is 38.0 Å². The SMILES string of the molecule is CCOC(=NC[C@@H]1CCCO1)NC(=O)c1cccc(OC)c1. The summed E-state index contributed by atoms with van der Waals surface area (Å²) in [6.07, 6.45) is 2.16. The predicted molar refractivity (Wildman–Crippen MR) is 83.4 cm³/mol. The molecule has 1 aromatic rings. The lowest BCUT2D eigenvalue weighted by atomic mass is 10.2. The summed E-state index contributed by atoms with van der Waals surface area (Å²) in [5.41, 5.74) is 0.490. The molecule has 22 heavy (non-hydrogen) atoms. The third kappa shape index (κ3) is 4.73. The van der Waals surface area contributed by atoms with E-state index in [9.17, 15) is 4.79 Å². The molecule has 1 aliphatic rings. The summed E-state index contributed by atoms with van der Waals surface area (Å²) in [6.45, 7) is 3.55. The Kier molecular flexibility index (Phi) is 6.21. The summed E-state index contributed by atoms with van der Waals surface area (Å²) in [6, 6.07) is 7.15. The maximum Gasteiger partial charge on any atom is 0.291 e. The smallest absolute Gasteiger partial charge is 0.291 e. The van der Waals surface area contributed by atoms with Crippen LogP contribution in [0.25, 0.3) is 0 Å². The van der Waals surface area contributed by atoms with Gasteiger partial charge in [0.15, 0.2) is 0 Å². The molecule has 0 radical (unpaired) electrons. The van der Waals surface area contributed by atoms with E-state index in [1.54, 1.807) is 31.4 Å². The van der Waals surface area contributed by atoms with Crippen molar-refractivity contribution < 1.29 is 19.0 Å². The number of amidine groups is 1. The molecule has 2 rings (SSSR count). The lowest BCUT2D eigenvalue weighted by molar-refractivity contribution is 0.0963. The molecule has 1 saturated heterocycles. The molecule has 0 aromatic heterocycles. The van der Waals surface area contributed by atoms with Crippen molar-refractivity contribution in [2.24, 2.45) is 4.99 Å². The number of hydrogen-bond acceptors (Lipinski definition) is 5. The number of benzene rings is 1. The molecule has 0 aliphatic carbocycles. The number of aliphatic imine (C=N–C) groups is 1. The number of carbonyl (C=O) groups is 1. The number of methoxy groups -OCH3 is 1. The third-order valence-electron chi connectivity index (χ3n) is 3.30. The van der Waals surface area contributed by atoms with E-state index in [0.29, 0.717) is 24.5 Å². The molecule has 1 aliphatic heterocycles. The molecule has 0 spiro atoms. The lowest BCUT2D eigenvalue weighted by Crippen LogP contribution is -2.33. The Morgan fingerprint density at radius 1 is 1.50 bits per heavy atom. The van der Waals surface area contributed by atoms with Crippen LogP contribution in [0.15, 0.2) is 29.3 Å². The first-order valence-electron chi connectivity index (χ1n) is 7.47. The Bertz CT molecular complexity index is 525. The molecule has 1 aromatic carbocycles. The quantitative estimate of drug-likeness (QED) is 0.667. The molecular weight excluding hydrogens is 284 g/mol. The molecule has 1 fully saturated rings. The van der Waals surface area contributed by atoms with Crippen molar-refractivity contribution in [3.05, 3.63) is 29.8 Å². The van der Waals surface area contributed by atoms with Crippen LogP contribution >= 0.6 is 0 Å². The number of rotatable bonds is 5. The first-order chi connectivity index (χ1) is 10.7. The van der Waals surface area contributed by atoms with Crippen LogP contribution in [0.5, 0.6) is 5.75 Å². The van der Waals surface area contributed by atoms with Crippen LogP contribution in [0.1, 0.15) is 30.1 Å². The van der Waals surface area contributed by atoms with E-state index in [2.05, 4.69) is 10.3 Å². The van der Waals surface area contributed by atoms with Gasteiger partial charge < -0.3 is 14.2 Å². The van der Waals surface area contributed by atoms with E-state index in [1.807, 2.05) is 6.92 Å².